The van der Waals surface area contributed by atoms with Gasteiger partial charge in [-0.25, -0.2) is 13.2 Å². The molecule has 0 saturated carbocycles. The molecule has 0 aliphatic carbocycles. The van der Waals surface area contributed by atoms with E-state index in [1.165, 1.54) is 0 Å². The Labute approximate surface area is 81.3 Å². The van der Waals surface area contributed by atoms with Crippen molar-refractivity contribution in [2.75, 3.05) is 5.33 Å². The van der Waals surface area contributed by atoms with Gasteiger partial charge in [0, 0.05) is 5.33 Å². The molecule has 0 fully saturated rings. The molecule has 1 nitrogen and oxygen atoms in total. The van der Waals surface area contributed by atoms with Crippen LogP contribution in [-0.4, -0.2) is 10.4 Å². The highest BCUT2D eigenvalue weighted by Crippen LogP contribution is 2.23. The quantitative estimate of drug-likeness (QED) is 0.636. The van der Waals surface area contributed by atoms with Crippen molar-refractivity contribution in [1.82, 2.24) is 0 Å². The van der Waals surface area contributed by atoms with Gasteiger partial charge in [-0.1, -0.05) is 15.9 Å². The number of rotatable bonds is 2. The molecule has 1 rings (SSSR count). The fraction of sp³-hybridized carbons (Fsp3) is 0.250. The molecular weight excluding hydrogens is 249 g/mol. The van der Waals surface area contributed by atoms with E-state index in [2.05, 4.69) is 15.9 Å². The van der Waals surface area contributed by atoms with Crippen molar-refractivity contribution < 1.29 is 18.3 Å². The van der Waals surface area contributed by atoms with Crippen LogP contribution < -0.4 is 0 Å². The topological polar surface area (TPSA) is 20.2 Å². The maximum atomic E-state index is 12.9. The molecule has 0 amide bonds. The number of benzene rings is 1. The van der Waals surface area contributed by atoms with Crippen LogP contribution in [0.3, 0.4) is 0 Å². The fourth-order valence-electron chi connectivity index (χ4n) is 0.925. The number of aliphatic hydroxyl groups excluding tert-OH is 1. The molecule has 0 aliphatic heterocycles. The molecule has 0 aliphatic rings. The molecule has 0 aromatic heterocycles. The molecule has 0 radical (unpaired) electrons. The van der Waals surface area contributed by atoms with E-state index in [0.717, 1.165) is 6.07 Å². The third kappa shape index (κ3) is 2.03. The van der Waals surface area contributed by atoms with Crippen molar-refractivity contribution in [3.8, 4) is 0 Å². The van der Waals surface area contributed by atoms with Crippen LogP contribution in [0.1, 0.15) is 11.7 Å². The average molecular weight is 255 g/mol. The second kappa shape index (κ2) is 4.11. The van der Waals surface area contributed by atoms with E-state index < -0.39 is 29.1 Å². The molecule has 0 saturated heterocycles. The van der Waals surface area contributed by atoms with Crippen LogP contribution in [0, 0.1) is 17.5 Å². The van der Waals surface area contributed by atoms with E-state index in [4.69, 9.17) is 5.11 Å². The Morgan fingerprint density at radius 2 is 1.77 bits per heavy atom. The molecule has 1 aromatic rings. The van der Waals surface area contributed by atoms with Gasteiger partial charge in [-0.2, -0.15) is 0 Å². The zero-order valence-electron chi connectivity index (χ0n) is 6.40. The molecule has 0 heterocycles. The standard InChI is InChI=1S/C8H6BrF3O/c9-3-6(13)7-4(10)1-2-5(11)8(7)12/h1-2,6,13H,3H2. The van der Waals surface area contributed by atoms with E-state index in [-0.39, 0.29) is 5.33 Å². The molecule has 1 unspecified atom stereocenters. The number of alkyl halides is 1. The highest BCUT2D eigenvalue weighted by atomic mass is 79.9. The van der Waals surface area contributed by atoms with Gasteiger partial charge in [0.15, 0.2) is 11.6 Å². The molecule has 1 atom stereocenters. The van der Waals surface area contributed by atoms with E-state index in [0.29, 0.717) is 6.07 Å². The summed E-state index contributed by atoms with van der Waals surface area (Å²) < 4.78 is 38.4. The Morgan fingerprint density at radius 1 is 1.23 bits per heavy atom. The molecule has 5 heteroatoms. The predicted octanol–water partition coefficient (Wildman–Crippen LogP) is 2.53. The molecule has 0 bridgehead atoms. The minimum absolute atomic E-state index is 0.0513. The van der Waals surface area contributed by atoms with Gasteiger partial charge in [-0.3, -0.25) is 0 Å². The number of halogens is 4. The molecule has 0 spiro atoms. The van der Waals surface area contributed by atoms with Crippen molar-refractivity contribution >= 4 is 15.9 Å². The first-order valence-electron chi connectivity index (χ1n) is 3.45. The Hall–Kier alpha value is -0.550. The van der Waals surface area contributed by atoms with Crippen molar-refractivity contribution in [3.63, 3.8) is 0 Å². The third-order valence-electron chi connectivity index (χ3n) is 1.56. The van der Waals surface area contributed by atoms with E-state index in [1.807, 2.05) is 0 Å². The molecule has 72 valence electrons. The lowest BCUT2D eigenvalue weighted by molar-refractivity contribution is 0.193. The zero-order chi connectivity index (χ0) is 10.0. The van der Waals surface area contributed by atoms with Gasteiger partial charge in [-0.05, 0) is 12.1 Å². The normalized spacial score (nSPS) is 13.0. The van der Waals surface area contributed by atoms with E-state index >= 15 is 0 Å². The minimum atomic E-state index is -1.38. The van der Waals surface area contributed by atoms with Gasteiger partial charge < -0.3 is 5.11 Å². The number of hydrogen-bond acceptors (Lipinski definition) is 1. The van der Waals surface area contributed by atoms with Gasteiger partial charge >= 0.3 is 0 Å². The Bertz CT molecular complexity index is 317. The van der Waals surface area contributed by atoms with Gasteiger partial charge in [0.25, 0.3) is 0 Å². The minimum Gasteiger partial charge on any atom is -0.387 e. The van der Waals surface area contributed by atoms with Gasteiger partial charge in [0.1, 0.15) is 5.82 Å². The summed E-state index contributed by atoms with van der Waals surface area (Å²) in [5.74, 6) is -3.46. The van der Waals surface area contributed by atoms with Crippen molar-refractivity contribution in [2.24, 2.45) is 0 Å². The van der Waals surface area contributed by atoms with Gasteiger partial charge in [-0.15, -0.1) is 0 Å². The SMILES string of the molecule is OC(CBr)c1c(F)ccc(F)c1F. The first-order chi connectivity index (χ1) is 6.07. The van der Waals surface area contributed by atoms with Gasteiger partial charge in [0.05, 0.1) is 11.7 Å². The van der Waals surface area contributed by atoms with Gasteiger partial charge in [0.2, 0.25) is 0 Å². The van der Waals surface area contributed by atoms with E-state index in [1.54, 1.807) is 0 Å². The second-order valence-corrected chi connectivity index (χ2v) is 3.07. The summed E-state index contributed by atoms with van der Waals surface area (Å²) in [6.45, 7) is 0. The average Bonchev–Trinajstić information content (AvgIpc) is 2.12. The summed E-state index contributed by atoms with van der Waals surface area (Å²) in [5.41, 5.74) is -0.642. The fourth-order valence-corrected chi connectivity index (χ4v) is 1.25. The summed E-state index contributed by atoms with van der Waals surface area (Å²) in [5, 5.41) is 9.07. The smallest absolute Gasteiger partial charge is 0.167 e. The lowest BCUT2D eigenvalue weighted by atomic mass is 10.1. The van der Waals surface area contributed by atoms with Crippen LogP contribution in [0.25, 0.3) is 0 Å². The van der Waals surface area contributed by atoms with Crippen LogP contribution in [0.4, 0.5) is 13.2 Å². The van der Waals surface area contributed by atoms with Crippen LogP contribution in [-0.2, 0) is 0 Å². The summed E-state index contributed by atoms with van der Waals surface area (Å²) in [6.07, 6.45) is -1.38. The van der Waals surface area contributed by atoms with Crippen LogP contribution in [0.5, 0.6) is 0 Å². The first-order valence-corrected chi connectivity index (χ1v) is 4.57. The summed E-state index contributed by atoms with van der Waals surface area (Å²) in [7, 11) is 0. The molecular formula is C8H6BrF3O. The zero-order valence-corrected chi connectivity index (χ0v) is 7.98. The van der Waals surface area contributed by atoms with Crippen LogP contribution in [0.15, 0.2) is 12.1 Å². The summed E-state index contributed by atoms with van der Waals surface area (Å²) in [6, 6.07) is 1.45. The lowest BCUT2D eigenvalue weighted by Gasteiger charge is -2.09. The highest BCUT2D eigenvalue weighted by Gasteiger charge is 2.19. The Kier molecular flexibility index (Phi) is 3.33. The third-order valence-corrected chi connectivity index (χ3v) is 2.17. The maximum absolute atomic E-state index is 12.9. The van der Waals surface area contributed by atoms with Crippen LogP contribution in [0.2, 0.25) is 0 Å². The lowest BCUT2D eigenvalue weighted by Crippen LogP contribution is -2.06. The molecule has 1 aromatic carbocycles. The van der Waals surface area contributed by atoms with Crippen molar-refractivity contribution in [1.29, 1.82) is 0 Å². The van der Waals surface area contributed by atoms with Crippen LogP contribution >= 0.6 is 15.9 Å². The molecule has 1 N–H and O–H groups in total. The summed E-state index contributed by atoms with van der Waals surface area (Å²) in [4.78, 5) is 0. The predicted molar refractivity (Wildman–Crippen MR) is 45.1 cm³/mol. The Morgan fingerprint density at radius 3 is 2.31 bits per heavy atom. The Balaban J connectivity index is 3.25. The second-order valence-electron chi connectivity index (χ2n) is 2.43. The highest BCUT2D eigenvalue weighted by molar-refractivity contribution is 9.09. The van der Waals surface area contributed by atoms with E-state index in [9.17, 15) is 13.2 Å². The first kappa shape index (κ1) is 10.5. The van der Waals surface area contributed by atoms with Crippen molar-refractivity contribution in [3.05, 3.63) is 35.1 Å². The monoisotopic (exact) mass is 254 g/mol. The van der Waals surface area contributed by atoms with Crippen molar-refractivity contribution in [2.45, 2.75) is 6.10 Å². The summed E-state index contributed by atoms with van der Waals surface area (Å²) >= 11 is 2.84. The number of hydrogen-bond donors (Lipinski definition) is 1. The molecule has 13 heavy (non-hydrogen) atoms. The largest absolute Gasteiger partial charge is 0.387 e. The number of aliphatic hydroxyl groups is 1. The maximum Gasteiger partial charge on any atom is 0.167 e.